The Morgan fingerprint density at radius 2 is 2.14 bits per heavy atom. The van der Waals surface area contributed by atoms with E-state index in [-0.39, 0.29) is 58.2 Å². The number of hydrogen-bond donors (Lipinski definition) is 1. The van der Waals surface area contributed by atoms with Crippen LogP contribution in [0.2, 0.25) is 0 Å². The Balaban J connectivity index is 0.000000360. The van der Waals surface area contributed by atoms with E-state index in [2.05, 4.69) is 11.9 Å². The minimum absolute atomic E-state index is 0. The summed E-state index contributed by atoms with van der Waals surface area (Å²) in [6, 6.07) is 0. The molecule has 0 aromatic rings. The summed E-state index contributed by atoms with van der Waals surface area (Å²) >= 11 is 0. The molecule has 1 heterocycles. The zero-order chi connectivity index (χ0) is 4.24. The van der Waals surface area contributed by atoms with E-state index < -0.39 is 0 Å². The van der Waals surface area contributed by atoms with Crippen LogP contribution in [0.4, 0.5) is 0 Å². The molecule has 0 bridgehead atoms. The van der Waals surface area contributed by atoms with Crippen LogP contribution < -0.4 is 63.5 Å². The van der Waals surface area contributed by atoms with Crippen LogP contribution >= 0.6 is 0 Å². The fraction of sp³-hybridized carbons (Fsp3) is 0.800. The molecule has 36 valence electrons. The number of piperidine rings is 1. The van der Waals surface area contributed by atoms with Crippen LogP contribution in [0.5, 0.6) is 0 Å². The Morgan fingerprint density at radius 1 is 1.29 bits per heavy atom. The van der Waals surface area contributed by atoms with E-state index >= 15 is 0 Å². The normalized spacial score (nSPS) is 20.6. The SMILES string of the molecule is [CH-]1CCCCN1.[Rb+]. The van der Waals surface area contributed by atoms with Crippen LogP contribution in [0.25, 0.3) is 0 Å². The van der Waals surface area contributed by atoms with Gasteiger partial charge in [-0.1, -0.05) is 6.42 Å². The minimum atomic E-state index is 0. The summed E-state index contributed by atoms with van der Waals surface area (Å²) in [6.45, 7) is 3.34. The van der Waals surface area contributed by atoms with Crippen LogP contribution in [-0.2, 0) is 0 Å². The number of rotatable bonds is 0. The van der Waals surface area contributed by atoms with Crippen molar-refractivity contribution in [2.45, 2.75) is 19.3 Å². The summed E-state index contributed by atoms with van der Waals surface area (Å²) in [5.74, 6) is 0. The van der Waals surface area contributed by atoms with Gasteiger partial charge in [-0.25, -0.2) is 0 Å². The van der Waals surface area contributed by atoms with Gasteiger partial charge in [-0.3, -0.25) is 6.54 Å². The second-order valence-corrected chi connectivity index (χ2v) is 1.65. The van der Waals surface area contributed by atoms with E-state index in [9.17, 15) is 0 Å². The second-order valence-electron chi connectivity index (χ2n) is 1.65. The summed E-state index contributed by atoms with van der Waals surface area (Å²) in [4.78, 5) is 0. The van der Waals surface area contributed by atoms with Gasteiger partial charge in [0.2, 0.25) is 0 Å². The summed E-state index contributed by atoms with van der Waals surface area (Å²) in [6.07, 6.45) is 4.00. The van der Waals surface area contributed by atoms with E-state index in [0.29, 0.717) is 0 Å². The molecule has 1 N–H and O–H groups in total. The molecule has 0 unspecified atom stereocenters. The fourth-order valence-corrected chi connectivity index (χ4v) is 0.678. The predicted octanol–water partition coefficient (Wildman–Crippen LogP) is -2.07. The molecule has 0 saturated carbocycles. The summed E-state index contributed by atoms with van der Waals surface area (Å²) in [5.41, 5.74) is 0. The average molecular weight is 170 g/mol. The largest absolute Gasteiger partial charge is 1.00 e. The van der Waals surface area contributed by atoms with Gasteiger partial charge in [0.15, 0.2) is 0 Å². The molecular formula is C5H10NRb. The number of hydrogen-bond acceptors (Lipinski definition) is 1. The van der Waals surface area contributed by atoms with Crippen LogP contribution in [0.3, 0.4) is 0 Å². The maximum Gasteiger partial charge on any atom is 1.00 e. The molecule has 1 rings (SSSR count). The third-order valence-corrected chi connectivity index (χ3v) is 1.06. The van der Waals surface area contributed by atoms with Crippen LogP contribution in [0.15, 0.2) is 0 Å². The van der Waals surface area contributed by atoms with E-state index in [1.54, 1.807) is 0 Å². The van der Waals surface area contributed by atoms with Gasteiger partial charge in [0.1, 0.15) is 0 Å². The van der Waals surface area contributed by atoms with Crippen molar-refractivity contribution < 1.29 is 58.2 Å². The zero-order valence-corrected chi connectivity index (χ0v) is 9.82. The van der Waals surface area contributed by atoms with E-state index in [1.807, 2.05) is 0 Å². The molecule has 1 fully saturated rings. The predicted molar refractivity (Wildman–Crippen MR) is 26.2 cm³/mol. The van der Waals surface area contributed by atoms with E-state index in [4.69, 9.17) is 0 Å². The Hall–Kier alpha value is 1.77. The molecule has 0 atom stereocenters. The molecule has 0 aliphatic carbocycles. The standard InChI is InChI=1S/C5H10N.Rb/c1-2-4-6-5-3-1;/h4,6H,1-3,5H2;/q-1;+1. The van der Waals surface area contributed by atoms with Gasteiger partial charge >= 0.3 is 58.2 Å². The van der Waals surface area contributed by atoms with Gasteiger partial charge in [-0.2, -0.15) is 6.42 Å². The summed E-state index contributed by atoms with van der Waals surface area (Å²) in [5, 5.41) is 3.16. The van der Waals surface area contributed by atoms with Crippen molar-refractivity contribution in [3.05, 3.63) is 6.54 Å². The summed E-state index contributed by atoms with van der Waals surface area (Å²) in [7, 11) is 0. The van der Waals surface area contributed by atoms with Crippen molar-refractivity contribution in [1.82, 2.24) is 5.32 Å². The summed E-state index contributed by atoms with van der Waals surface area (Å²) < 4.78 is 0. The molecule has 0 aromatic heterocycles. The molecular weight excluding hydrogens is 160 g/mol. The third-order valence-electron chi connectivity index (χ3n) is 1.06. The average Bonchev–Trinajstić information content (AvgIpc) is 1.72. The van der Waals surface area contributed by atoms with E-state index in [1.165, 1.54) is 25.8 Å². The Labute approximate surface area is 94.0 Å². The number of nitrogens with one attached hydrogen (secondary N) is 1. The van der Waals surface area contributed by atoms with Crippen molar-refractivity contribution >= 4 is 0 Å². The molecule has 1 saturated heterocycles. The maximum absolute atomic E-state index is 3.16. The Kier molecular flexibility index (Phi) is 7.38. The topological polar surface area (TPSA) is 12.0 Å². The van der Waals surface area contributed by atoms with Gasteiger partial charge in [0.25, 0.3) is 0 Å². The first-order valence-electron chi connectivity index (χ1n) is 2.55. The second kappa shape index (κ2) is 5.89. The maximum atomic E-state index is 3.16. The van der Waals surface area contributed by atoms with Crippen molar-refractivity contribution in [2.75, 3.05) is 6.54 Å². The first kappa shape index (κ1) is 8.77. The Bertz CT molecular complexity index is 23.6. The quantitative estimate of drug-likeness (QED) is 0.411. The fourth-order valence-electron chi connectivity index (χ4n) is 0.678. The van der Waals surface area contributed by atoms with Crippen molar-refractivity contribution in [2.24, 2.45) is 0 Å². The van der Waals surface area contributed by atoms with Crippen molar-refractivity contribution in [3.8, 4) is 0 Å². The molecule has 1 nitrogen and oxygen atoms in total. The molecule has 0 spiro atoms. The molecule has 1 aliphatic heterocycles. The minimum Gasteiger partial charge on any atom is -0.470 e. The third kappa shape index (κ3) is 4.28. The smallest absolute Gasteiger partial charge is 0.470 e. The monoisotopic (exact) mass is 169 g/mol. The zero-order valence-electron chi connectivity index (χ0n) is 4.91. The molecule has 2 heteroatoms. The van der Waals surface area contributed by atoms with Crippen LogP contribution in [0.1, 0.15) is 19.3 Å². The molecule has 1 aliphatic rings. The molecule has 0 radical (unpaired) electrons. The van der Waals surface area contributed by atoms with Crippen molar-refractivity contribution in [1.29, 1.82) is 0 Å². The first-order chi connectivity index (χ1) is 3.00. The molecule has 0 aromatic carbocycles. The van der Waals surface area contributed by atoms with Gasteiger partial charge in [0, 0.05) is 0 Å². The first-order valence-corrected chi connectivity index (χ1v) is 2.55. The molecule has 0 amide bonds. The van der Waals surface area contributed by atoms with Gasteiger partial charge in [0.05, 0.1) is 0 Å². The Morgan fingerprint density at radius 3 is 2.29 bits per heavy atom. The van der Waals surface area contributed by atoms with Gasteiger partial charge in [-0.05, 0) is 13.0 Å². The van der Waals surface area contributed by atoms with Crippen molar-refractivity contribution in [3.63, 3.8) is 0 Å². The molecule has 7 heavy (non-hydrogen) atoms. The van der Waals surface area contributed by atoms with Crippen LogP contribution in [-0.4, -0.2) is 6.54 Å². The van der Waals surface area contributed by atoms with Gasteiger partial charge in [-0.15, -0.1) is 0 Å². The van der Waals surface area contributed by atoms with Gasteiger partial charge < -0.3 is 5.32 Å². The van der Waals surface area contributed by atoms with Crippen LogP contribution in [0, 0.1) is 6.54 Å². The van der Waals surface area contributed by atoms with E-state index in [0.717, 1.165) is 0 Å².